The van der Waals surface area contributed by atoms with Crippen LogP contribution in [0.3, 0.4) is 0 Å². The number of benzene rings is 1. The van der Waals surface area contributed by atoms with E-state index in [9.17, 15) is 4.39 Å². The molecular formula is C15H18ClFN2. The van der Waals surface area contributed by atoms with Crippen molar-refractivity contribution in [1.29, 1.82) is 0 Å². The average molecular weight is 281 g/mol. The van der Waals surface area contributed by atoms with E-state index in [4.69, 9.17) is 11.6 Å². The van der Waals surface area contributed by atoms with Crippen LogP contribution < -0.4 is 5.32 Å². The zero-order valence-corrected chi connectivity index (χ0v) is 11.8. The molecule has 0 aliphatic rings. The fourth-order valence-corrected chi connectivity index (χ4v) is 2.18. The van der Waals surface area contributed by atoms with Crippen molar-refractivity contribution in [1.82, 2.24) is 9.88 Å². The van der Waals surface area contributed by atoms with Crippen LogP contribution in [0.1, 0.15) is 24.6 Å². The van der Waals surface area contributed by atoms with Crippen LogP contribution in [0.2, 0.25) is 5.02 Å². The number of hydrogen-bond donors (Lipinski definition) is 1. The first-order chi connectivity index (χ1) is 9.20. The number of aromatic nitrogens is 1. The van der Waals surface area contributed by atoms with Crippen LogP contribution in [-0.4, -0.2) is 11.1 Å². The zero-order chi connectivity index (χ0) is 13.7. The van der Waals surface area contributed by atoms with E-state index in [1.54, 1.807) is 6.07 Å². The van der Waals surface area contributed by atoms with Crippen LogP contribution in [-0.2, 0) is 13.1 Å². The molecule has 2 aromatic rings. The highest BCUT2D eigenvalue weighted by Gasteiger charge is 2.06. The maximum atomic E-state index is 13.2. The van der Waals surface area contributed by atoms with Crippen LogP contribution in [0.15, 0.2) is 36.5 Å². The van der Waals surface area contributed by atoms with E-state index >= 15 is 0 Å². The second kappa shape index (κ2) is 6.73. The third-order valence-electron chi connectivity index (χ3n) is 3.00. The quantitative estimate of drug-likeness (QED) is 0.796. The van der Waals surface area contributed by atoms with E-state index in [2.05, 4.69) is 22.9 Å². The van der Waals surface area contributed by atoms with Crippen molar-refractivity contribution in [3.63, 3.8) is 0 Å². The Morgan fingerprint density at radius 2 is 2.16 bits per heavy atom. The molecule has 0 saturated heterocycles. The summed E-state index contributed by atoms with van der Waals surface area (Å²) < 4.78 is 15.3. The predicted molar refractivity (Wildman–Crippen MR) is 76.9 cm³/mol. The van der Waals surface area contributed by atoms with E-state index in [-0.39, 0.29) is 5.82 Å². The summed E-state index contributed by atoms with van der Waals surface area (Å²) in [5.41, 5.74) is 1.98. The van der Waals surface area contributed by atoms with Gasteiger partial charge in [0.15, 0.2) is 0 Å². The van der Waals surface area contributed by atoms with Crippen LogP contribution in [0.25, 0.3) is 0 Å². The van der Waals surface area contributed by atoms with Crippen molar-refractivity contribution >= 4 is 11.6 Å². The second-order valence-corrected chi connectivity index (χ2v) is 4.95. The normalized spacial score (nSPS) is 10.9. The van der Waals surface area contributed by atoms with Gasteiger partial charge in [-0.2, -0.15) is 0 Å². The molecular weight excluding hydrogens is 263 g/mol. The highest BCUT2D eigenvalue weighted by atomic mass is 35.5. The summed E-state index contributed by atoms with van der Waals surface area (Å²) >= 11 is 6.10. The molecule has 1 heterocycles. The van der Waals surface area contributed by atoms with Gasteiger partial charge in [0.1, 0.15) is 5.82 Å². The van der Waals surface area contributed by atoms with Crippen molar-refractivity contribution in [3.05, 3.63) is 58.6 Å². The largest absolute Gasteiger partial charge is 0.346 e. The molecule has 0 atom stereocenters. The second-order valence-electron chi connectivity index (χ2n) is 4.54. The van der Waals surface area contributed by atoms with Crippen LogP contribution in [0.4, 0.5) is 4.39 Å². The van der Waals surface area contributed by atoms with Gasteiger partial charge >= 0.3 is 0 Å². The maximum Gasteiger partial charge on any atom is 0.123 e. The SMILES string of the molecule is CCCNCc1cccn1Cc1cc(F)ccc1Cl. The summed E-state index contributed by atoms with van der Waals surface area (Å²) in [6.07, 6.45) is 3.10. The Morgan fingerprint density at radius 3 is 2.95 bits per heavy atom. The van der Waals surface area contributed by atoms with Gasteiger partial charge in [0.25, 0.3) is 0 Å². The molecule has 0 fully saturated rings. The number of halogens is 2. The first-order valence-corrected chi connectivity index (χ1v) is 6.87. The summed E-state index contributed by atoms with van der Waals surface area (Å²) in [4.78, 5) is 0. The van der Waals surface area contributed by atoms with E-state index in [1.165, 1.54) is 17.8 Å². The van der Waals surface area contributed by atoms with Crippen molar-refractivity contribution in [3.8, 4) is 0 Å². The fraction of sp³-hybridized carbons (Fsp3) is 0.333. The molecule has 0 aliphatic heterocycles. The van der Waals surface area contributed by atoms with Gasteiger partial charge < -0.3 is 9.88 Å². The van der Waals surface area contributed by atoms with Crippen molar-refractivity contribution in [2.75, 3.05) is 6.54 Å². The third kappa shape index (κ3) is 3.82. The summed E-state index contributed by atoms with van der Waals surface area (Å²) in [5, 5.41) is 3.96. The van der Waals surface area contributed by atoms with Gasteiger partial charge in [0.05, 0.1) is 0 Å². The average Bonchev–Trinajstić information content (AvgIpc) is 2.82. The highest BCUT2D eigenvalue weighted by molar-refractivity contribution is 6.31. The van der Waals surface area contributed by atoms with Gasteiger partial charge in [-0.25, -0.2) is 4.39 Å². The summed E-state index contributed by atoms with van der Waals surface area (Å²) in [5.74, 6) is -0.253. The maximum absolute atomic E-state index is 13.2. The molecule has 1 aromatic heterocycles. The molecule has 1 aromatic carbocycles. The molecule has 19 heavy (non-hydrogen) atoms. The fourth-order valence-electron chi connectivity index (χ4n) is 2.01. The van der Waals surface area contributed by atoms with E-state index in [0.29, 0.717) is 11.6 Å². The Morgan fingerprint density at radius 1 is 1.32 bits per heavy atom. The standard InChI is InChI=1S/C15H18ClFN2/c1-2-7-18-10-14-4-3-8-19(14)11-12-9-13(17)5-6-15(12)16/h3-6,8-9,18H,2,7,10-11H2,1H3. The van der Waals surface area contributed by atoms with Gasteiger partial charge in [0, 0.05) is 30.0 Å². The molecule has 0 unspecified atom stereocenters. The lowest BCUT2D eigenvalue weighted by Gasteiger charge is -2.11. The predicted octanol–water partition coefficient (Wildman–Crippen LogP) is 3.83. The molecule has 0 amide bonds. The van der Waals surface area contributed by atoms with Crippen molar-refractivity contribution in [2.24, 2.45) is 0 Å². The summed E-state index contributed by atoms with van der Waals surface area (Å²) in [6, 6.07) is 8.54. The van der Waals surface area contributed by atoms with Crippen LogP contribution in [0.5, 0.6) is 0 Å². The number of nitrogens with one attached hydrogen (secondary N) is 1. The van der Waals surface area contributed by atoms with Crippen molar-refractivity contribution in [2.45, 2.75) is 26.4 Å². The molecule has 102 valence electrons. The minimum atomic E-state index is -0.253. The first-order valence-electron chi connectivity index (χ1n) is 6.49. The van der Waals surface area contributed by atoms with Crippen LogP contribution >= 0.6 is 11.6 Å². The minimum absolute atomic E-state index is 0.253. The van der Waals surface area contributed by atoms with E-state index < -0.39 is 0 Å². The number of rotatable bonds is 6. The molecule has 0 radical (unpaired) electrons. The zero-order valence-electron chi connectivity index (χ0n) is 11.0. The third-order valence-corrected chi connectivity index (χ3v) is 3.37. The highest BCUT2D eigenvalue weighted by Crippen LogP contribution is 2.19. The lowest BCUT2D eigenvalue weighted by molar-refractivity contribution is 0.615. The summed E-state index contributed by atoms with van der Waals surface area (Å²) in [7, 11) is 0. The number of nitrogens with zero attached hydrogens (tertiary/aromatic N) is 1. The van der Waals surface area contributed by atoms with Gasteiger partial charge in [0.2, 0.25) is 0 Å². The van der Waals surface area contributed by atoms with Gasteiger partial charge in [-0.05, 0) is 48.9 Å². The molecule has 0 bridgehead atoms. The monoisotopic (exact) mass is 280 g/mol. The molecule has 1 N–H and O–H groups in total. The van der Waals surface area contributed by atoms with Crippen LogP contribution in [0, 0.1) is 5.82 Å². The molecule has 0 saturated carbocycles. The first kappa shape index (κ1) is 14.1. The van der Waals surface area contributed by atoms with E-state index in [0.717, 1.165) is 25.1 Å². The molecule has 2 rings (SSSR count). The van der Waals surface area contributed by atoms with Gasteiger partial charge in [-0.1, -0.05) is 18.5 Å². The Kier molecular flexibility index (Phi) is 5.00. The van der Waals surface area contributed by atoms with Gasteiger partial charge in [-0.3, -0.25) is 0 Å². The minimum Gasteiger partial charge on any atom is -0.346 e. The lowest BCUT2D eigenvalue weighted by atomic mass is 10.2. The number of hydrogen-bond acceptors (Lipinski definition) is 1. The van der Waals surface area contributed by atoms with Gasteiger partial charge in [-0.15, -0.1) is 0 Å². The Hall–Kier alpha value is -1.32. The topological polar surface area (TPSA) is 17.0 Å². The lowest BCUT2D eigenvalue weighted by Crippen LogP contribution is -2.17. The molecule has 2 nitrogen and oxygen atoms in total. The Balaban J connectivity index is 2.10. The Bertz CT molecular complexity index is 537. The van der Waals surface area contributed by atoms with E-state index in [1.807, 2.05) is 12.3 Å². The summed E-state index contributed by atoms with van der Waals surface area (Å²) in [6.45, 7) is 4.53. The van der Waals surface area contributed by atoms with Crippen molar-refractivity contribution < 1.29 is 4.39 Å². The smallest absolute Gasteiger partial charge is 0.123 e. The molecule has 0 aliphatic carbocycles. The molecule has 0 spiro atoms. The molecule has 4 heteroatoms. The Labute approximate surface area is 118 Å².